The van der Waals surface area contributed by atoms with Crippen LogP contribution in [-0.2, 0) is 17.8 Å². The molecule has 1 amide bonds. The molecular formula is C20H19FN2O2S. The van der Waals surface area contributed by atoms with Gasteiger partial charge in [-0.1, -0.05) is 24.3 Å². The van der Waals surface area contributed by atoms with Gasteiger partial charge in [-0.05, 0) is 47.5 Å². The molecule has 0 fully saturated rings. The van der Waals surface area contributed by atoms with Crippen molar-refractivity contribution in [2.24, 2.45) is 0 Å². The fourth-order valence-electron chi connectivity index (χ4n) is 2.45. The lowest BCUT2D eigenvalue weighted by atomic mass is 10.2. The number of anilines is 1. The monoisotopic (exact) mass is 370 g/mol. The van der Waals surface area contributed by atoms with Crippen LogP contribution in [0.2, 0.25) is 0 Å². The van der Waals surface area contributed by atoms with Crippen molar-refractivity contribution in [2.45, 2.75) is 13.1 Å². The predicted molar refractivity (Wildman–Crippen MR) is 103 cm³/mol. The van der Waals surface area contributed by atoms with E-state index in [0.717, 1.165) is 21.7 Å². The van der Waals surface area contributed by atoms with Gasteiger partial charge in [-0.2, -0.15) is 0 Å². The molecule has 2 aromatic carbocycles. The van der Waals surface area contributed by atoms with Crippen molar-refractivity contribution in [3.05, 3.63) is 76.9 Å². The van der Waals surface area contributed by atoms with Crippen molar-refractivity contribution < 1.29 is 13.9 Å². The van der Waals surface area contributed by atoms with Gasteiger partial charge in [0.05, 0.1) is 7.11 Å². The van der Waals surface area contributed by atoms with Crippen molar-refractivity contribution in [1.82, 2.24) is 5.32 Å². The molecule has 0 atom stereocenters. The minimum absolute atomic E-state index is 0.225. The normalized spacial score (nSPS) is 10.4. The van der Waals surface area contributed by atoms with Crippen LogP contribution in [0.4, 0.5) is 14.9 Å². The van der Waals surface area contributed by atoms with Crippen LogP contribution in [0.1, 0.15) is 10.4 Å². The van der Waals surface area contributed by atoms with Gasteiger partial charge in [0, 0.05) is 28.5 Å². The van der Waals surface area contributed by atoms with E-state index in [1.165, 1.54) is 18.1 Å². The molecule has 6 heteroatoms. The minimum atomic E-state index is -0.445. The first-order chi connectivity index (χ1) is 12.6. The second-order valence-electron chi connectivity index (χ2n) is 5.67. The summed E-state index contributed by atoms with van der Waals surface area (Å²) < 4.78 is 17.9. The van der Waals surface area contributed by atoms with Crippen LogP contribution in [0, 0.1) is 5.82 Å². The van der Waals surface area contributed by atoms with Gasteiger partial charge < -0.3 is 15.4 Å². The number of thiophene rings is 1. The Labute approximate surface area is 155 Å². The summed E-state index contributed by atoms with van der Waals surface area (Å²) in [6, 6.07) is 18.5. The van der Waals surface area contributed by atoms with E-state index in [1.807, 2.05) is 42.5 Å². The number of hydrogen-bond acceptors (Lipinski definition) is 4. The van der Waals surface area contributed by atoms with Gasteiger partial charge in [0.15, 0.2) is 0 Å². The van der Waals surface area contributed by atoms with Gasteiger partial charge in [-0.3, -0.25) is 0 Å². The number of benzene rings is 2. The van der Waals surface area contributed by atoms with Crippen molar-refractivity contribution in [3.63, 3.8) is 0 Å². The van der Waals surface area contributed by atoms with Gasteiger partial charge in [0.2, 0.25) is 0 Å². The van der Waals surface area contributed by atoms with Gasteiger partial charge in [-0.15, -0.1) is 11.3 Å². The number of nitrogens with one attached hydrogen (secondary N) is 2. The summed E-state index contributed by atoms with van der Waals surface area (Å²) in [7, 11) is 1.34. The van der Waals surface area contributed by atoms with E-state index in [0.29, 0.717) is 13.1 Å². The molecule has 1 heterocycles. The average molecular weight is 370 g/mol. The third kappa shape index (κ3) is 4.83. The Balaban J connectivity index is 1.55. The van der Waals surface area contributed by atoms with E-state index in [2.05, 4.69) is 15.4 Å². The Morgan fingerprint density at radius 2 is 1.88 bits per heavy atom. The maximum absolute atomic E-state index is 13.3. The summed E-state index contributed by atoms with van der Waals surface area (Å²) in [4.78, 5) is 13.3. The molecule has 134 valence electrons. The molecule has 0 saturated heterocycles. The number of halogens is 1. The smallest absolute Gasteiger partial charge is 0.407 e. The molecule has 2 N–H and O–H groups in total. The highest BCUT2D eigenvalue weighted by molar-refractivity contribution is 7.15. The van der Waals surface area contributed by atoms with Crippen molar-refractivity contribution >= 4 is 23.1 Å². The van der Waals surface area contributed by atoms with E-state index in [-0.39, 0.29) is 5.82 Å². The Hall–Kier alpha value is -2.86. The average Bonchev–Trinajstić information content (AvgIpc) is 3.14. The lowest BCUT2D eigenvalue weighted by Gasteiger charge is -2.07. The molecule has 0 saturated carbocycles. The Bertz CT molecular complexity index is 878. The van der Waals surface area contributed by atoms with Crippen LogP contribution in [0.5, 0.6) is 0 Å². The predicted octanol–water partition coefficient (Wildman–Crippen LogP) is 5.02. The zero-order valence-electron chi connectivity index (χ0n) is 14.3. The third-order valence-corrected chi connectivity index (χ3v) is 4.95. The highest BCUT2D eigenvalue weighted by Crippen LogP contribution is 2.29. The van der Waals surface area contributed by atoms with Crippen LogP contribution >= 0.6 is 11.3 Å². The van der Waals surface area contributed by atoms with Gasteiger partial charge in [0.25, 0.3) is 0 Å². The van der Waals surface area contributed by atoms with Crippen LogP contribution in [0.3, 0.4) is 0 Å². The maximum Gasteiger partial charge on any atom is 0.407 e. The van der Waals surface area contributed by atoms with E-state index in [1.54, 1.807) is 23.5 Å². The summed E-state index contributed by atoms with van der Waals surface area (Å²) in [5, 5.41) is 6.01. The quantitative estimate of drug-likeness (QED) is 0.640. The maximum atomic E-state index is 13.3. The Kier molecular flexibility index (Phi) is 5.86. The van der Waals surface area contributed by atoms with Crippen LogP contribution in [-0.4, -0.2) is 13.2 Å². The van der Waals surface area contributed by atoms with Crippen LogP contribution in [0.15, 0.2) is 60.7 Å². The number of ether oxygens (including phenoxy) is 1. The first-order valence-electron chi connectivity index (χ1n) is 8.13. The van der Waals surface area contributed by atoms with Crippen LogP contribution < -0.4 is 10.6 Å². The molecule has 0 aliphatic rings. The summed E-state index contributed by atoms with van der Waals surface area (Å²) in [5.74, 6) is -0.225. The summed E-state index contributed by atoms with van der Waals surface area (Å²) in [5.41, 5.74) is 2.88. The number of alkyl carbamates (subject to hydrolysis) is 1. The summed E-state index contributed by atoms with van der Waals surface area (Å²) in [6.45, 7) is 1.12. The second-order valence-corrected chi connectivity index (χ2v) is 6.84. The Morgan fingerprint density at radius 3 is 2.62 bits per heavy atom. The number of amides is 1. The molecule has 26 heavy (non-hydrogen) atoms. The van der Waals surface area contributed by atoms with E-state index in [4.69, 9.17) is 0 Å². The van der Waals surface area contributed by atoms with Crippen molar-refractivity contribution in [3.8, 4) is 10.4 Å². The lowest BCUT2D eigenvalue weighted by molar-refractivity contribution is 0.170. The second kappa shape index (κ2) is 8.49. The van der Waals surface area contributed by atoms with Gasteiger partial charge >= 0.3 is 6.09 Å². The molecule has 0 aliphatic heterocycles. The SMILES string of the molecule is COC(=O)NCc1ccc(NCc2ccc(-c3cccc(F)c3)s2)cc1. The van der Waals surface area contributed by atoms with Crippen LogP contribution in [0.25, 0.3) is 10.4 Å². The number of carbonyl (C=O) groups is 1. The van der Waals surface area contributed by atoms with Gasteiger partial charge in [0.1, 0.15) is 5.82 Å². The van der Waals surface area contributed by atoms with E-state index >= 15 is 0 Å². The molecule has 0 radical (unpaired) electrons. The first-order valence-corrected chi connectivity index (χ1v) is 8.95. The molecule has 0 unspecified atom stereocenters. The van der Waals surface area contributed by atoms with Gasteiger partial charge in [-0.25, -0.2) is 9.18 Å². The highest BCUT2D eigenvalue weighted by Gasteiger charge is 2.04. The topological polar surface area (TPSA) is 50.4 Å². The fraction of sp³-hybridized carbons (Fsp3) is 0.150. The van der Waals surface area contributed by atoms with Crippen molar-refractivity contribution in [1.29, 1.82) is 0 Å². The Morgan fingerprint density at radius 1 is 1.08 bits per heavy atom. The number of rotatable bonds is 6. The standard InChI is InChI=1S/C20H19FN2O2S/c1-25-20(24)23-12-14-5-7-17(8-6-14)22-13-18-9-10-19(26-18)15-3-2-4-16(21)11-15/h2-11,22H,12-13H2,1H3,(H,23,24). The number of carbonyl (C=O) groups excluding carboxylic acids is 1. The third-order valence-electron chi connectivity index (χ3n) is 3.81. The van der Waals surface area contributed by atoms with E-state index < -0.39 is 6.09 Å². The first kappa shape index (κ1) is 17.9. The largest absolute Gasteiger partial charge is 0.453 e. The van der Waals surface area contributed by atoms with E-state index in [9.17, 15) is 9.18 Å². The number of hydrogen-bond donors (Lipinski definition) is 2. The molecule has 0 spiro atoms. The molecule has 0 aliphatic carbocycles. The minimum Gasteiger partial charge on any atom is -0.453 e. The van der Waals surface area contributed by atoms with Crippen molar-refractivity contribution in [2.75, 3.05) is 12.4 Å². The zero-order chi connectivity index (χ0) is 18.4. The summed E-state index contributed by atoms with van der Waals surface area (Å²) >= 11 is 1.64. The molecule has 3 aromatic rings. The molecule has 4 nitrogen and oxygen atoms in total. The zero-order valence-corrected chi connectivity index (χ0v) is 15.1. The molecule has 1 aromatic heterocycles. The fourth-order valence-corrected chi connectivity index (χ4v) is 3.39. The highest BCUT2D eigenvalue weighted by atomic mass is 32.1. The molecule has 0 bridgehead atoms. The lowest BCUT2D eigenvalue weighted by Crippen LogP contribution is -2.22. The molecule has 3 rings (SSSR count). The molecular weight excluding hydrogens is 351 g/mol. The number of methoxy groups -OCH3 is 1. The summed E-state index contributed by atoms with van der Waals surface area (Å²) in [6.07, 6.45) is -0.445.